The number of hydrogen-bond acceptors (Lipinski definition) is 0. The second kappa shape index (κ2) is 5.82. The van der Waals surface area contributed by atoms with Crippen LogP contribution in [0, 0.1) is 6.92 Å². The third kappa shape index (κ3) is 2.34. The lowest BCUT2D eigenvalue weighted by Crippen LogP contribution is -2.10. The fourth-order valence-electron chi connectivity index (χ4n) is 5.08. The van der Waals surface area contributed by atoms with Crippen molar-refractivity contribution in [2.45, 2.75) is 13.1 Å². The lowest BCUT2D eigenvalue weighted by Gasteiger charge is -2.10. The van der Waals surface area contributed by atoms with Crippen molar-refractivity contribution in [1.29, 1.82) is 0 Å². The summed E-state index contributed by atoms with van der Waals surface area (Å²) in [4.78, 5) is 0. The predicted octanol–water partition coefficient (Wildman–Crippen LogP) is 7.46. The Balaban J connectivity index is 1.72. The molecule has 2 aromatic heterocycles. The maximum Gasteiger partial charge on any atom is 0.431 e. The fraction of sp³-hybridized carbons (Fsp3) is 0.154. The topological polar surface area (TPSA) is 9.86 Å². The molecule has 0 saturated heterocycles. The molecule has 0 radical (unpaired) electrons. The van der Waals surface area contributed by atoms with Crippen LogP contribution >= 0.6 is 0 Å². The molecule has 6 rings (SSSR count). The van der Waals surface area contributed by atoms with Crippen LogP contribution in [-0.2, 0) is 20.3 Å². The lowest BCUT2D eigenvalue weighted by molar-refractivity contribution is -0.142. The first-order chi connectivity index (χ1) is 14.8. The first-order valence-electron chi connectivity index (χ1n) is 10.2. The molecule has 0 aliphatic rings. The minimum atomic E-state index is -4.38. The van der Waals surface area contributed by atoms with Gasteiger partial charge in [0, 0.05) is 41.6 Å². The summed E-state index contributed by atoms with van der Waals surface area (Å²) in [5.74, 6) is 0. The third-order valence-corrected chi connectivity index (χ3v) is 6.77. The van der Waals surface area contributed by atoms with Crippen LogP contribution in [0.4, 0.5) is 13.2 Å². The summed E-state index contributed by atoms with van der Waals surface area (Å²) in [6, 6.07) is 19.7. The highest BCUT2D eigenvalue weighted by Crippen LogP contribution is 2.40. The largest absolute Gasteiger partial charge is 0.431 e. The van der Waals surface area contributed by atoms with Gasteiger partial charge in [0.05, 0.1) is 0 Å². The molecule has 2 heterocycles. The Morgan fingerprint density at radius 2 is 0.935 bits per heavy atom. The maximum atomic E-state index is 13.4. The number of rotatable bonds is 0. The molecule has 0 unspecified atom stereocenters. The van der Waals surface area contributed by atoms with E-state index in [2.05, 4.69) is 48.9 Å². The van der Waals surface area contributed by atoms with Crippen LogP contribution < -0.4 is 0 Å². The Kier molecular flexibility index (Phi) is 3.43. The van der Waals surface area contributed by atoms with Crippen molar-refractivity contribution >= 4 is 54.1 Å². The molecule has 154 valence electrons. The monoisotopic (exact) mass is 416 g/mol. The van der Waals surface area contributed by atoms with Gasteiger partial charge in [-0.15, -0.1) is 0 Å². The van der Waals surface area contributed by atoms with Gasteiger partial charge in [0.1, 0.15) is 5.69 Å². The number of aromatic nitrogens is 2. The van der Waals surface area contributed by atoms with Gasteiger partial charge in [-0.1, -0.05) is 36.4 Å². The van der Waals surface area contributed by atoms with E-state index >= 15 is 0 Å². The highest BCUT2D eigenvalue weighted by molar-refractivity contribution is 6.24. The minimum absolute atomic E-state index is 0.585. The molecule has 0 bridgehead atoms. The van der Waals surface area contributed by atoms with Crippen molar-refractivity contribution in [3.8, 4) is 0 Å². The first kappa shape index (κ1) is 18.3. The van der Waals surface area contributed by atoms with E-state index in [1.807, 2.05) is 18.2 Å². The number of hydrogen-bond donors (Lipinski definition) is 0. The molecule has 0 N–H and O–H groups in total. The number of halogens is 3. The zero-order valence-corrected chi connectivity index (χ0v) is 17.3. The molecule has 5 heteroatoms. The van der Waals surface area contributed by atoms with E-state index in [4.69, 9.17) is 0 Å². The van der Waals surface area contributed by atoms with Crippen LogP contribution in [0.1, 0.15) is 11.4 Å². The summed E-state index contributed by atoms with van der Waals surface area (Å²) in [5.41, 5.74) is 2.35. The maximum absolute atomic E-state index is 13.4. The van der Waals surface area contributed by atoms with E-state index in [-0.39, 0.29) is 0 Å². The molecular formula is C26H19F3N2. The Morgan fingerprint density at radius 1 is 0.548 bits per heavy atom. The number of alkyl halides is 3. The van der Waals surface area contributed by atoms with Crippen LogP contribution in [0.15, 0.2) is 60.7 Å². The van der Waals surface area contributed by atoms with Gasteiger partial charge in [-0.25, -0.2) is 0 Å². The van der Waals surface area contributed by atoms with Crippen molar-refractivity contribution < 1.29 is 13.2 Å². The highest BCUT2D eigenvalue weighted by atomic mass is 19.4. The van der Waals surface area contributed by atoms with E-state index < -0.39 is 11.9 Å². The normalized spacial score (nSPS) is 12.8. The molecule has 0 aliphatic heterocycles. The number of fused-ring (bicyclic) bond motifs is 9. The molecular weight excluding hydrogens is 397 g/mol. The van der Waals surface area contributed by atoms with Gasteiger partial charge in [-0.05, 0) is 63.5 Å². The average molecular weight is 416 g/mol. The van der Waals surface area contributed by atoms with Gasteiger partial charge in [0.25, 0.3) is 0 Å². The Labute approximate surface area is 176 Å². The lowest BCUT2D eigenvalue weighted by atomic mass is 9.94. The predicted molar refractivity (Wildman–Crippen MR) is 122 cm³/mol. The van der Waals surface area contributed by atoms with E-state index in [9.17, 15) is 13.2 Å². The van der Waals surface area contributed by atoms with Crippen LogP contribution in [0.2, 0.25) is 0 Å². The molecule has 0 fully saturated rings. The zero-order chi connectivity index (χ0) is 21.7. The summed E-state index contributed by atoms with van der Waals surface area (Å²) in [5, 5.41) is 8.16. The zero-order valence-electron chi connectivity index (χ0n) is 17.3. The Hall–Kier alpha value is -3.47. The quantitative estimate of drug-likeness (QED) is 0.228. The molecule has 0 spiro atoms. The van der Waals surface area contributed by atoms with Crippen molar-refractivity contribution in [2.24, 2.45) is 14.1 Å². The summed E-state index contributed by atoms with van der Waals surface area (Å²) < 4.78 is 43.8. The van der Waals surface area contributed by atoms with Crippen LogP contribution in [-0.4, -0.2) is 9.13 Å². The summed E-state index contributed by atoms with van der Waals surface area (Å²) in [7, 11) is 3.54. The SMILES string of the molecule is Cc1cc2c3ccc4c(ccc5c4ccc4c5cc(C(F)(F)F)n4C)c3ccc2n1C. The van der Waals surface area contributed by atoms with Gasteiger partial charge >= 0.3 is 6.18 Å². The van der Waals surface area contributed by atoms with Gasteiger partial charge in [0.15, 0.2) is 0 Å². The van der Waals surface area contributed by atoms with Crippen molar-refractivity contribution in [3.05, 3.63) is 72.1 Å². The molecule has 2 nitrogen and oxygen atoms in total. The minimum Gasteiger partial charge on any atom is -0.348 e. The van der Waals surface area contributed by atoms with Crippen molar-refractivity contribution in [3.63, 3.8) is 0 Å². The van der Waals surface area contributed by atoms with Crippen LogP contribution in [0.25, 0.3) is 54.1 Å². The first-order valence-corrected chi connectivity index (χ1v) is 10.2. The highest BCUT2D eigenvalue weighted by Gasteiger charge is 2.34. The Morgan fingerprint density at radius 3 is 1.42 bits per heavy atom. The van der Waals surface area contributed by atoms with Crippen molar-refractivity contribution in [1.82, 2.24) is 9.13 Å². The van der Waals surface area contributed by atoms with E-state index in [0.717, 1.165) is 26.9 Å². The summed E-state index contributed by atoms with van der Waals surface area (Å²) >= 11 is 0. The van der Waals surface area contributed by atoms with E-state index in [0.29, 0.717) is 10.9 Å². The third-order valence-electron chi connectivity index (χ3n) is 6.77. The van der Waals surface area contributed by atoms with E-state index in [1.54, 1.807) is 6.07 Å². The standard InChI is InChI=1S/C26H19F3N2/c1-14-12-21-19-6-4-16-15(17(19)8-10-23(21)30(14)2)5-7-20-18(16)9-11-24-22(20)13-25(31(24)3)26(27,28)29/h4-13H,1-3H3. The summed E-state index contributed by atoms with van der Waals surface area (Å²) in [6.45, 7) is 2.10. The number of benzene rings is 4. The fourth-order valence-corrected chi connectivity index (χ4v) is 5.08. The van der Waals surface area contributed by atoms with Crippen molar-refractivity contribution in [2.75, 3.05) is 0 Å². The van der Waals surface area contributed by atoms with Gasteiger partial charge in [0.2, 0.25) is 0 Å². The van der Waals surface area contributed by atoms with Gasteiger partial charge < -0.3 is 9.13 Å². The molecule has 0 aliphatic carbocycles. The second-order valence-electron chi connectivity index (χ2n) is 8.34. The number of aryl methyl sites for hydroxylation is 3. The Bertz CT molecular complexity index is 1700. The van der Waals surface area contributed by atoms with Gasteiger partial charge in [-0.2, -0.15) is 13.2 Å². The molecule has 6 aromatic rings. The number of nitrogens with zero attached hydrogens (tertiary/aromatic N) is 2. The summed E-state index contributed by atoms with van der Waals surface area (Å²) in [6.07, 6.45) is -4.38. The molecule has 4 aromatic carbocycles. The molecule has 0 atom stereocenters. The van der Waals surface area contributed by atoms with Gasteiger partial charge in [-0.3, -0.25) is 0 Å². The molecule has 0 saturated carbocycles. The molecule has 0 amide bonds. The van der Waals surface area contributed by atoms with E-state index in [1.165, 1.54) is 39.7 Å². The second-order valence-corrected chi connectivity index (χ2v) is 8.34. The average Bonchev–Trinajstić information content (AvgIpc) is 3.24. The molecule has 31 heavy (non-hydrogen) atoms. The smallest absolute Gasteiger partial charge is 0.348 e. The van der Waals surface area contributed by atoms with Crippen LogP contribution in [0.5, 0.6) is 0 Å². The van der Waals surface area contributed by atoms with Crippen LogP contribution in [0.3, 0.4) is 0 Å².